The Kier molecular flexibility index (Phi) is 4.30. The van der Waals surface area contributed by atoms with Crippen LogP contribution < -0.4 is 4.90 Å². The zero-order valence-corrected chi connectivity index (χ0v) is 12.1. The lowest BCUT2D eigenvalue weighted by atomic mass is 10.1. The van der Waals surface area contributed by atoms with Gasteiger partial charge < -0.3 is 4.90 Å². The summed E-state index contributed by atoms with van der Waals surface area (Å²) in [7, 11) is 1.87. The standard InChI is InChI=1S/C16H13N3S/c1-19(14-7-4-3-6-12(14)10-17)15-8-5-9-16(20-2)13(15)11-18/h3-9H,1-2H3. The van der Waals surface area contributed by atoms with Gasteiger partial charge >= 0.3 is 0 Å². The first-order valence-corrected chi connectivity index (χ1v) is 7.25. The molecule has 0 aliphatic heterocycles. The second-order valence-electron chi connectivity index (χ2n) is 4.15. The molecule has 0 saturated heterocycles. The Bertz CT molecular complexity index is 710. The van der Waals surface area contributed by atoms with Crippen LogP contribution in [-0.4, -0.2) is 13.3 Å². The van der Waals surface area contributed by atoms with Crippen LogP contribution in [0.15, 0.2) is 47.4 Å². The SMILES string of the molecule is CSc1cccc(N(C)c2ccccc2C#N)c1C#N. The van der Waals surface area contributed by atoms with Crippen LogP contribution in [0.3, 0.4) is 0 Å². The van der Waals surface area contributed by atoms with Crippen LogP contribution in [0, 0.1) is 22.7 Å². The van der Waals surface area contributed by atoms with Crippen LogP contribution in [0.25, 0.3) is 0 Å². The quantitative estimate of drug-likeness (QED) is 0.799. The maximum absolute atomic E-state index is 9.40. The highest BCUT2D eigenvalue weighted by Crippen LogP contribution is 2.33. The van der Waals surface area contributed by atoms with Crippen LogP contribution in [0.5, 0.6) is 0 Å². The van der Waals surface area contributed by atoms with Crippen molar-refractivity contribution in [3.8, 4) is 12.1 Å². The van der Waals surface area contributed by atoms with E-state index in [-0.39, 0.29) is 0 Å². The van der Waals surface area contributed by atoms with Gasteiger partial charge in [0.05, 0.1) is 22.5 Å². The first-order valence-electron chi connectivity index (χ1n) is 6.03. The molecule has 20 heavy (non-hydrogen) atoms. The van der Waals surface area contributed by atoms with Gasteiger partial charge in [-0.3, -0.25) is 0 Å². The van der Waals surface area contributed by atoms with Gasteiger partial charge in [-0.25, -0.2) is 0 Å². The lowest BCUT2D eigenvalue weighted by molar-refractivity contribution is 1.17. The molecule has 2 aromatic carbocycles. The molecular weight excluding hydrogens is 266 g/mol. The molecule has 0 aromatic heterocycles. The molecule has 4 heteroatoms. The van der Waals surface area contributed by atoms with Crippen molar-refractivity contribution in [3.05, 3.63) is 53.6 Å². The van der Waals surface area contributed by atoms with Gasteiger partial charge in [-0.15, -0.1) is 11.8 Å². The average molecular weight is 279 g/mol. The summed E-state index contributed by atoms with van der Waals surface area (Å²) in [6, 6.07) is 17.6. The second kappa shape index (κ2) is 6.14. The molecule has 0 bridgehead atoms. The van der Waals surface area contributed by atoms with Gasteiger partial charge in [0, 0.05) is 11.9 Å². The van der Waals surface area contributed by atoms with E-state index < -0.39 is 0 Å². The second-order valence-corrected chi connectivity index (χ2v) is 5.00. The van der Waals surface area contributed by atoms with Gasteiger partial charge in [0.2, 0.25) is 0 Å². The Morgan fingerprint density at radius 3 is 2.30 bits per heavy atom. The average Bonchev–Trinajstić information content (AvgIpc) is 2.53. The number of nitriles is 2. The monoisotopic (exact) mass is 279 g/mol. The third-order valence-corrected chi connectivity index (χ3v) is 3.86. The van der Waals surface area contributed by atoms with Crippen molar-refractivity contribution >= 4 is 23.1 Å². The summed E-state index contributed by atoms with van der Waals surface area (Å²) in [4.78, 5) is 2.82. The lowest BCUT2D eigenvalue weighted by Crippen LogP contribution is -2.12. The van der Waals surface area contributed by atoms with Crippen molar-refractivity contribution in [1.82, 2.24) is 0 Å². The Labute approximate surface area is 123 Å². The fourth-order valence-corrected chi connectivity index (χ4v) is 2.64. The number of rotatable bonds is 3. The van der Waals surface area contributed by atoms with Crippen molar-refractivity contribution < 1.29 is 0 Å². The first kappa shape index (κ1) is 14.0. The minimum Gasteiger partial charge on any atom is -0.342 e. The fraction of sp³-hybridized carbons (Fsp3) is 0.125. The van der Waals surface area contributed by atoms with E-state index in [1.807, 2.05) is 54.6 Å². The van der Waals surface area contributed by atoms with Gasteiger partial charge in [0.15, 0.2) is 0 Å². The molecule has 0 atom stereocenters. The summed E-state index contributed by atoms with van der Waals surface area (Å²) in [5, 5.41) is 18.6. The Balaban J connectivity index is 2.58. The highest BCUT2D eigenvalue weighted by Gasteiger charge is 2.14. The van der Waals surface area contributed by atoms with Crippen LogP contribution >= 0.6 is 11.8 Å². The third-order valence-electron chi connectivity index (χ3n) is 3.08. The van der Waals surface area contributed by atoms with E-state index >= 15 is 0 Å². The van der Waals surface area contributed by atoms with E-state index in [1.54, 1.807) is 17.8 Å². The van der Waals surface area contributed by atoms with Gasteiger partial charge in [0.25, 0.3) is 0 Å². The van der Waals surface area contributed by atoms with E-state index in [1.165, 1.54) is 0 Å². The molecule has 0 fully saturated rings. The topological polar surface area (TPSA) is 50.8 Å². The Morgan fingerprint density at radius 1 is 0.950 bits per heavy atom. The minimum atomic E-state index is 0.591. The molecule has 0 heterocycles. The minimum absolute atomic E-state index is 0.591. The van der Waals surface area contributed by atoms with E-state index in [0.717, 1.165) is 16.3 Å². The smallest absolute Gasteiger partial charge is 0.103 e. The van der Waals surface area contributed by atoms with E-state index in [9.17, 15) is 10.5 Å². The predicted molar refractivity (Wildman–Crippen MR) is 82.2 cm³/mol. The van der Waals surface area contributed by atoms with Crippen LogP contribution in [0.1, 0.15) is 11.1 Å². The normalized spacial score (nSPS) is 9.60. The number of para-hydroxylation sites is 1. The first-order chi connectivity index (χ1) is 9.72. The molecule has 0 aliphatic rings. The molecule has 0 amide bonds. The number of benzene rings is 2. The maximum atomic E-state index is 9.40. The molecule has 0 saturated carbocycles. The summed E-state index contributed by atoms with van der Waals surface area (Å²) in [5.74, 6) is 0. The Morgan fingerprint density at radius 2 is 1.65 bits per heavy atom. The highest BCUT2D eigenvalue weighted by atomic mass is 32.2. The summed E-state index contributed by atoms with van der Waals surface area (Å²) >= 11 is 1.54. The third kappa shape index (κ3) is 2.47. The summed E-state index contributed by atoms with van der Waals surface area (Å²) in [6.07, 6.45) is 1.95. The van der Waals surface area contributed by atoms with Crippen molar-refractivity contribution in [2.24, 2.45) is 0 Å². The van der Waals surface area contributed by atoms with Crippen molar-refractivity contribution in [2.45, 2.75) is 4.90 Å². The van der Waals surface area contributed by atoms with Crippen LogP contribution in [0.2, 0.25) is 0 Å². The molecule has 0 spiro atoms. The zero-order chi connectivity index (χ0) is 14.5. The predicted octanol–water partition coefficient (Wildman–Crippen LogP) is 3.92. The van der Waals surface area contributed by atoms with Crippen molar-refractivity contribution in [3.63, 3.8) is 0 Å². The zero-order valence-electron chi connectivity index (χ0n) is 11.3. The van der Waals surface area contributed by atoms with E-state index in [2.05, 4.69) is 12.1 Å². The molecule has 2 rings (SSSR count). The largest absolute Gasteiger partial charge is 0.342 e. The summed E-state index contributed by atoms with van der Waals surface area (Å²) in [5.41, 5.74) is 2.83. The number of hydrogen-bond donors (Lipinski definition) is 0. The number of hydrogen-bond acceptors (Lipinski definition) is 4. The molecule has 0 aliphatic carbocycles. The summed E-state index contributed by atoms with van der Waals surface area (Å²) in [6.45, 7) is 0. The molecule has 0 radical (unpaired) electrons. The molecule has 0 N–H and O–H groups in total. The van der Waals surface area contributed by atoms with Gasteiger partial charge in [-0.1, -0.05) is 18.2 Å². The molecule has 98 valence electrons. The van der Waals surface area contributed by atoms with E-state index in [0.29, 0.717) is 11.1 Å². The van der Waals surface area contributed by atoms with Crippen molar-refractivity contribution in [2.75, 3.05) is 18.2 Å². The van der Waals surface area contributed by atoms with Gasteiger partial charge in [-0.2, -0.15) is 10.5 Å². The summed E-state index contributed by atoms with van der Waals surface area (Å²) < 4.78 is 0. The van der Waals surface area contributed by atoms with Gasteiger partial charge in [0.1, 0.15) is 12.1 Å². The molecule has 2 aromatic rings. The molecule has 0 unspecified atom stereocenters. The van der Waals surface area contributed by atoms with Crippen LogP contribution in [0.4, 0.5) is 11.4 Å². The fourth-order valence-electron chi connectivity index (χ4n) is 2.07. The number of thioether (sulfide) groups is 1. The highest BCUT2D eigenvalue weighted by molar-refractivity contribution is 7.98. The van der Waals surface area contributed by atoms with Gasteiger partial charge in [-0.05, 0) is 30.5 Å². The number of nitrogens with zero attached hydrogens (tertiary/aromatic N) is 3. The Hall–Kier alpha value is -2.43. The number of anilines is 2. The molecule has 3 nitrogen and oxygen atoms in total. The van der Waals surface area contributed by atoms with Crippen molar-refractivity contribution in [1.29, 1.82) is 10.5 Å². The van der Waals surface area contributed by atoms with E-state index in [4.69, 9.17) is 0 Å². The lowest BCUT2D eigenvalue weighted by Gasteiger charge is -2.22. The van der Waals surface area contributed by atoms with Crippen LogP contribution in [-0.2, 0) is 0 Å². The maximum Gasteiger partial charge on any atom is 0.103 e. The molecular formula is C16H13N3S.